The van der Waals surface area contributed by atoms with Crippen molar-refractivity contribution < 1.29 is 4.74 Å². The van der Waals surface area contributed by atoms with Gasteiger partial charge in [-0.25, -0.2) is 4.98 Å². The third kappa shape index (κ3) is 5.26. The molecule has 1 aromatic carbocycles. The topological polar surface area (TPSA) is 47.0 Å². The molecule has 0 spiro atoms. The number of hydrogen-bond donors (Lipinski definition) is 1. The molecule has 0 aliphatic rings. The minimum absolute atomic E-state index is 0.433. The number of nitrogens with zero attached hydrogens (tertiary/aromatic N) is 2. The van der Waals surface area contributed by atoms with Crippen LogP contribution in [0.4, 0.5) is 0 Å². The molecule has 1 heterocycles. The van der Waals surface area contributed by atoms with Crippen LogP contribution in [-0.2, 0) is 6.54 Å². The van der Waals surface area contributed by atoms with Crippen molar-refractivity contribution in [2.24, 2.45) is 5.92 Å². The lowest BCUT2D eigenvalue weighted by Crippen LogP contribution is -2.19. The summed E-state index contributed by atoms with van der Waals surface area (Å²) >= 11 is 9.48. The molecule has 0 radical (unpaired) electrons. The molecule has 0 atom stereocenters. The number of halogens is 2. The number of benzene rings is 1. The van der Waals surface area contributed by atoms with E-state index >= 15 is 0 Å². The van der Waals surface area contributed by atoms with Crippen molar-refractivity contribution in [3.63, 3.8) is 0 Å². The van der Waals surface area contributed by atoms with Crippen LogP contribution in [0.1, 0.15) is 19.5 Å². The maximum Gasteiger partial charge on any atom is 0.238 e. The van der Waals surface area contributed by atoms with Crippen LogP contribution in [0.5, 0.6) is 11.6 Å². The van der Waals surface area contributed by atoms with Gasteiger partial charge in [-0.05, 0) is 30.7 Å². The summed E-state index contributed by atoms with van der Waals surface area (Å²) < 4.78 is 6.58. The van der Waals surface area contributed by atoms with Gasteiger partial charge in [-0.15, -0.1) is 0 Å². The van der Waals surface area contributed by atoms with Crippen LogP contribution >= 0.6 is 27.5 Å². The molecule has 21 heavy (non-hydrogen) atoms. The van der Waals surface area contributed by atoms with Crippen LogP contribution in [0, 0.1) is 5.92 Å². The average Bonchev–Trinajstić information content (AvgIpc) is 2.42. The Morgan fingerprint density at radius 1 is 1.33 bits per heavy atom. The number of nitrogens with one attached hydrogen (secondary N) is 1. The molecule has 0 saturated carbocycles. The first kappa shape index (κ1) is 16.2. The monoisotopic (exact) mass is 369 g/mol. The summed E-state index contributed by atoms with van der Waals surface area (Å²) in [6.45, 7) is 5.92. The van der Waals surface area contributed by atoms with Gasteiger partial charge in [0.25, 0.3) is 0 Å². The molecule has 0 saturated heterocycles. The van der Waals surface area contributed by atoms with E-state index in [0.717, 1.165) is 16.7 Å². The normalized spacial score (nSPS) is 10.9. The molecule has 0 unspecified atom stereocenters. The fraction of sp³-hybridized carbons (Fsp3) is 0.333. The zero-order chi connectivity index (χ0) is 15.2. The van der Waals surface area contributed by atoms with Gasteiger partial charge in [0.1, 0.15) is 5.75 Å². The standard InChI is InChI=1S/C15H17BrClN3O/c1-10(2)6-18-7-12-8-19-9-15(20-12)21-14-4-3-11(16)5-13(14)17/h3-5,8-10,18H,6-7H2,1-2H3. The van der Waals surface area contributed by atoms with Crippen molar-refractivity contribution in [3.05, 3.63) is 45.8 Å². The summed E-state index contributed by atoms with van der Waals surface area (Å²) in [5.41, 5.74) is 0.835. The van der Waals surface area contributed by atoms with Gasteiger partial charge >= 0.3 is 0 Å². The zero-order valence-corrected chi connectivity index (χ0v) is 14.3. The first-order valence-corrected chi connectivity index (χ1v) is 7.86. The van der Waals surface area contributed by atoms with Gasteiger partial charge in [0, 0.05) is 17.2 Å². The second-order valence-corrected chi connectivity index (χ2v) is 6.37. The molecule has 112 valence electrons. The average molecular weight is 371 g/mol. The van der Waals surface area contributed by atoms with Crippen LogP contribution in [-0.4, -0.2) is 16.5 Å². The Morgan fingerprint density at radius 2 is 2.14 bits per heavy atom. The smallest absolute Gasteiger partial charge is 0.238 e. The second-order valence-electron chi connectivity index (χ2n) is 5.05. The quantitative estimate of drug-likeness (QED) is 0.817. The Balaban J connectivity index is 2.03. The summed E-state index contributed by atoms with van der Waals surface area (Å²) in [5, 5.41) is 3.84. The molecule has 6 heteroatoms. The molecular weight excluding hydrogens is 354 g/mol. The maximum absolute atomic E-state index is 6.12. The highest BCUT2D eigenvalue weighted by molar-refractivity contribution is 9.10. The van der Waals surface area contributed by atoms with Crippen molar-refractivity contribution in [3.8, 4) is 11.6 Å². The van der Waals surface area contributed by atoms with Gasteiger partial charge in [0.15, 0.2) is 0 Å². The summed E-state index contributed by atoms with van der Waals surface area (Å²) in [6.07, 6.45) is 3.30. The van der Waals surface area contributed by atoms with E-state index < -0.39 is 0 Å². The zero-order valence-electron chi connectivity index (χ0n) is 11.9. The van der Waals surface area contributed by atoms with E-state index in [1.165, 1.54) is 0 Å². The van der Waals surface area contributed by atoms with Gasteiger partial charge in [-0.1, -0.05) is 41.4 Å². The van der Waals surface area contributed by atoms with E-state index in [1.807, 2.05) is 6.07 Å². The lowest BCUT2D eigenvalue weighted by atomic mass is 10.2. The van der Waals surface area contributed by atoms with Crippen LogP contribution < -0.4 is 10.1 Å². The molecule has 0 aliphatic heterocycles. The van der Waals surface area contributed by atoms with E-state index in [9.17, 15) is 0 Å². The largest absolute Gasteiger partial charge is 0.436 e. The van der Waals surface area contributed by atoms with Crippen LogP contribution in [0.15, 0.2) is 35.1 Å². The number of aromatic nitrogens is 2. The molecular formula is C15H17BrClN3O. The summed E-state index contributed by atoms with van der Waals surface area (Å²) in [6, 6.07) is 5.43. The van der Waals surface area contributed by atoms with Crippen molar-refractivity contribution in [1.82, 2.24) is 15.3 Å². The minimum Gasteiger partial charge on any atom is -0.436 e. The molecule has 2 rings (SSSR count). The third-order valence-corrected chi connectivity index (χ3v) is 3.42. The molecule has 0 amide bonds. The van der Waals surface area contributed by atoms with Crippen LogP contribution in [0.25, 0.3) is 0 Å². The predicted molar refractivity (Wildman–Crippen MR) is 87.8 cm³/mol. The first-order chi connectivity index (χ1) is 10.0. The highest BCUT2D eigenvalue weighted by Crippen LogP contribution is 2.30. The molecule has 1 aromatic heterocycles. The van der Waals surface area contributed by atoms with Gasteiger partial charge in [0.2, 0.25) is 5.88 Å². The van der Waals surface area contributed by atoms with E-state index in [2.05, 4.69) is 45.1 Å². The highest BCUT2D eigenvalue weighted by Gasteiger charge is 2.06. The van der Waals surface area contributed by atoms with Crippen molar-refractivity contribution >= 4 is 27.5 Å². The van der Waals surface area contributed by atoms with Gasteiger partial charge in [0.05, 0.1) is 16.9 Å². The minimum atomic E-state index is 0.433. The lowest BCUT2D eigenvalue weighted by molar-refractivity contribution is 0.455. The van der Waals surface area contributed by atoms with Gasteiger partial charge in [-0.2, -0.15) is 0 Å². The van der Waals surface area contributed by atoms with Crippen molar-refractivity contribution in [1.29, 1.82) is 0 Å². The molecule has 0 fully saturated rings. The summed E-state index contributed by atoms with van der Waals surface area (Å²) in [7, 11) is 0. The molecule has 1 N–H and O–H groups in total. The molecule has 0 bridgehead atoms. The summed E-state index contributed by atoms with van der Waals surface area (Å²) in [5.74, 6) is 1.59. The Labute approximate surface area is 138 Å². The Bertz CT molecular complexity index is 607. The summed E-state index contributed by atoms with van der Waals surface area (Å²) in [4.78, 5) is 8.56. The van der Waals surface area contributed by atoms with E-state index in [1.54, 1.807) is 24.5 Å². The second kappa shape index (κ2) is 7.73. The Kier molecular flexibility index (Phi) is 5.96. The Hall–Kier alpha value is -1.17. The lowest BCUT2D eigenvalue weighted by Gasteiger charge is -2.09. The van der Waals surface area contributed by atoms with Crippen molar-refractivity contribution in [2.45, 2.75) is 20.4 Å². The van der Waals surface area contributed by atoms with Crippen molar-refractivity contribution in [2.75, 3.05) is 6.54 Å². The number of rotatable bonds is 6. The number of hydrogen-bond acceptors (Lipinski definition) is 4. The van der Waals surface area contributed by atoms with Gasteiger partial charge in [-0.3, -0.25) is 4.98 Å². The van der Waals surface area contributed by atoms with E-state index in [4.69, 9.17) is 16.3 Å². The molecule has 4 nitrogen and oxygen atoms in total. The fourth-order valence-electron chi connectivity index (χ4n) is 1.68. The first-order valence-electron chi connectivity index (χ1n) is 6.69. The van der Waals surface area contributed by atoms with Crippen LogP contribution in [0.2, 0.25) is 5.02 Å². The highest BCUT2D eigenvalue weighted by atomic mass is 79.9. The molecule has 0 aliphatic carbocycles. The van der Waals surface area contributed by atoms with E-state index in [-0.39, 0.29) is 0 Å². The maximum atomic E-state index is 6.12. The fourth-order valence-corrected chi connectivity index (χ4v) is 2.39. The SMILES string of the molecule is CC(C)CNCc1cncc(Oc2ccc(Br)cc2Cl)n1. The number of ether oxygens (including phenoxy) is 1. The third-order valence-electron chi connectivity index (χ3n) is 2.63. The molecule has 2 aromatic rings. The van der Waals surface area contributed by atoms with E-state index in [0.29, 0.717) is 29.1 Å². The van der Waals surface area contributed by atoms with Gasteiger partial charge < -0.3 is 10.1 Å². The predicted octanol–water partition coefficient (Wildman–Crippen LogP) is 4.43. The Morgan fingerprint density at radius 3 is 2.86 bits per heavy atom. The van der Waals surface area contributed by atoms with Crippen LogP contribution in [0.3, 0.4) is 0 Å².